The molecule has 0 atom stereocenters. The molecule has 0 heterocycles. The number of rotatable bonds is 2. The fraction of sp³-hybridized carbons (Fsp3) is 0.750. The number of ether oxygens (including phenoxy) is 1. The Morgan fingerprint density at radius 1 is 1.50 bits per heavy atom. The van der Waals surface area contributed by atoms with Crippen LogP contribution in [0.25, 0.3) is 0 Å². The average molecular weight is 171 g/mol. The summed E-state index contributed by atoms with van der Waals surface area (Å²) in [5.41, 5.74) is -0.488. The lowest BCUT2D eigenvalue weighted by Crippen LogP contribution is -2.28. The van der Waals surface area contributed by atoms with Crippen LogP contribution in [0.3, 0.4) is 0 Å². The van der Waals surface area contributed by atoms with E-state index in [9.17, 15) is 10.1 Å². The van der Waals surface area contributed by atoms with Crippen LogP contribution >= 0.6 is 0 Å². The van der Waals surface area contributed by atoms with Crippen LogP contribution in [-0.2, 0) is 4.74 Å². The molecule has 12 heavy (non-hydrogen) atoms. The van der Waals surface area contributed by atoms with Crippen molar-refractivity contribution >= 4 is 0 Å². The Kier molecular flexibility index (Phi) is 2.37. The summed E-state index contributed by atoms with van der Waals surface area (Å²) in [4.78, 5) is 10.3. The summed E-state index contributed by atoms with van der Waals surface area (Å²) in [6.07, 6.45) is 2.01. The van der Waals surface area contributed by atoms with E-state index in [0.29, 0.717) is 18.9 Å². The molecule has 0 amide bonds. The lowest BCUT2D eigenvalue weighted by atomic mass is 9.85. The molecule has 0 bridgehead atoms. The number of hydrogen-bond acceptors (Lipinski definition) is 3. The smallest absolute Gasteiger partial charge is 0.299 e. The van der Waals surface area contributed by atoms with Gasteiger partial charge in [-0.3, -0.25) is 10.1 Å². The Hall–Kier alpha value is -0.640. The number of nitrogens with zero attached hydrogens (tertiary/aromatic N) is 1. The van der Waals surface area contributed by atoms with Gasteiger partial charge in [-0.05, 0) is 20.3 Å². The van der Waals surface area contributed by atoms with Gasteiger partial charge < -0.3 is 4.74 Å². The normalized spacial score (nSPS) is 24.6. The summed E-state index contributed by atoms with van der Waals surface area (Å²) in [6, 6.07) is 0.361. The highest BCUT2D eigenvalue weighted by Gasteiger charge is 2.53. The first-order chi connectivity index (χ1) is 5.50. The molecule has 0 aromatic rings. The van der Waals surface area contributed by atoms with Gasteiger partial charge in [0, 0.05) is 18.5 Å². The fourth-order valence-electron chi connectivity index (χ4n) is 1.69. The Labute approximate surface area is 72.1 Å². The van der Waals surface area contributed by atoms with Crippen LogP contribution in [0.1, 0.15) is 26.7 Å². The van der Waals surface area contributed by atoms with Crippen LogP contribution < -0.4 is 0 Å². The second-order valence-electron chi connectivity index (χ2n) is 3.46. The van der Waals surface area contributed by atoms with Gasteiger partial charge in [0.2, 0.25) is 0 Å². The quantitative estimate of drug-likeness (QED) is 0.470. The minimum Gasteiger partial charge on any atom is -0.374 e. The second kappa shape index (κ2) is 3.01. The Morgan fingerprint density at radius 2 is 2.08 bits per heavy atom. The van der Waals surface area contributed by atoms with E-state index >= 15 is 0 Å². The van der Waals surface area contributed by atoms with Crippen molar-refractivity contribution in [2.45, 2.75) is 26.7 Å². The van der Waals surface area contributed by atoms with E-state index < -0.39 is 5.41 Å². The van der Waals surface area contributed by atoms with Crippen molar-refractivity contribution in [2.75, 3.05) is 7.11 Å². The minimum atomic E-state index is -0.488. The highest BCUT2D eigenvalue weighted by Crippen LogP contribution is 2.50. The molecular formula is C8H13NO3. The first-order valence-electron chi connectivity index (χ1n) is 3.91. The minimum absolute atomic E-state index is 0.286. The molecule has 1 aliphatic carbocycles. The van der Waals surface area contributed by atoms with E-state index in [4.69, 9.17) is 4.74 Å². The first kappa shape index (κ1) is 9.45. The second-order valence-corrected chi connectivity index (χ2v) is 3.46. The van der Waals surface area contributed by atoms with E-state index in [-0.39, 0.29) is 4.92 Å². The zero-order chi connectivity index (χ0) is 9.35. The predicted octanol–water partition coefficient (Wildman–Crippen LogP) is 1.79. The van der Waals surface area contributed by atoms with Gasteiger partial charge in [-0.15, -0.1) is 0 Å². The zero-order valence-corrected chi connectivity index (χ0v) is 7.59. The van der Waals surface area contributed by atoms with Gasteiger partial charge in [-0.25, -0.2) is 0 Å². The summed E-state index contributed by atoms with van der Waals surface area (Å²) in [5, 5.41) is 10.6. The van der Waals surface area contributed by atoms with Crippen LogP contribution in [-0.4, -0.2) is 12.0 Å². The molecule has 0 spiro atoms. The molecule has 0 N–H and O–H groups in total. The molecule has 2 radical (unpaired) electrons. The monoisotopic (exact) mass is 171 g/mol. The van der Waals surface area contributed by atoms with E-state index in [0.717, 1.165) is 6.10 Å². The molecule has 1 saturated carbocycles. The van der Waals surface area contributed by atoms with Gasteiger partial charge in [0.15, 0.2) is 0 Å². The van der Waals surface area contributed by atoms with Crippen LogP contribution in [0.2, 0.25) is 0 Å². The van der Waals surface area contributed by atoms with Crippen LogP contribution in [0.4, 0.5) is 0 Å². The van der Waals surface area contributed by atoms with Crippen molar-refractivity contribution in [1.29, 1.82) is 0 Å². The van der Waals surface area contributed by atoms with Gasteiger partial charge in [0.1, 0.15) is 6.10 Å². The largest absolute Gasteiger partial charge is 0.374 e. The predicted molar refractivity (Wildman–Crippen MR) is 43.5 cm³/mol. The molecule has 4 heteroatoms. The lowest BCUT2D eigenvalue weighted by molar-refractivity contribution is -0.480. The maximum Gasteiger partial charge on any atom is 0.299 e. The van der Waals surface area contributed by atoms with E-state index in [1.807, 2.05) is 13.8 Å². The molecule has 1 fully saturated rings. The lowest BCUT2D eigenvalue weighted by Gasteiger charge is -2.23. The molecule has 0 aromatic heterocycles. The third-order valence-corrected chi connectivity index (χ3v) is 2.47. The van der Waals surface area contributed by atoms with Gasteiger partial charge in [0.25, 0.3) is 6.04 Å². The summed E-state index contributed by atoms with van der Waals surface area (Å²) in [5.74, 6) is 0. The van der Waals surface area contributed by atoms with Gasteiger partial charge in [-0.1, -0.05) is 0 Å². The van der Waals surface area contributed by atoms with E-state index in [1.165, 1.54) is 0 Å². The van der Waals surface area contributed by atoms with Crippen molar-refractivity contribution in [3.05, 3.63) is 22.3 Å². The van der Waals surface area contributed by atoms with Crippen molar-refractivity contribution in [3.63, 3.8) is 0 Å². The molecule has 0 aromatic carbocycles. The summed E-state index contributed by atoms with van der Waals surface area (Å²) < 4.78 is 5.10. The van der Waals surface area contributed by atoms with Crippen molar-refractivity contribution < 1.29 is 9.66 Å². The van der Waals surface area contributed by atoms with Crippen LogP contribution in [0, 0.1) is 27.7 Å². The molecule has 0 unspecified atom stereocenters. The zero-order valence-electron chi connectivity index (χ0n) is 7.59. The molecule has 1 rings (SSSR count). The van der Waals surface area contributed by atoms with Crippen LogP contribution in [0.15, 0.2) is 0 Å². The maximum absolute atomic E-state index is 10.6. The van der Waals surface area contributed by atoms with Gasteiger partial charge >= 0.3 is 0 Å². The van der Waals surface area contributed by atoms with Gasteiger partial charge in [0.05, 0.1) is 5.41 Å². The van der Waals surface area contributed by atoms with Crippen molar-refractivity contribution in [1.82, 2.24) is 0 Å². The average Bonchev–Trinajstić information content (AvgIpc) is 2.24. The summed E-state index contributed by atoms with van der Waals surface area (Å²) in [6.45, 7) is 3.66. The number of nitro groups is 1. The molecule has 68 valence electrons. The number of methoxy groups -OCH3 is 1. The Morgan fingerprint density at radius 3 is 2.33 bits per heavy atom. The van der Waals surface area contributed by atoms with Gasteiger partial charge in [-0.2, -0.15) is 0 Å². The molecule has 4 nitrogen and oxygen atoms in total. The van der Waals surface area contributed by atoms with Crippen LogP contribution in [0.5, 0.6) is 0 Å². The fourth-order valence-corrected chi connectivity index (χ4v) is 1.69. The summed E-state index contributed by atoms with van der Waals surface area (Å²) in [7, 11) is 1.57. The Bertz CT molecular complexity index is 191. The summed E-state index contributed by atoms with van der Waals surface area (Å²) >= 11 is 0. The highest BCUT2D eigenvalue weighted by molar-refractivity contribution is 5.15. The molecule has 1 aliphatic rings. The number of hydrogen-bond donors (Lipinski definition) is 0. The van der Waals surface area contributed by atoms with Crippen molar-refractivity contribution in [3.8, 4) is 0 Å². The topological polar surface area (TPSA) is 52.4 Å². The first-order valence-corrected chi connectivity index (χ1v) is 3.91. The molecular weight excluding hydrogens is 158 g/mol. The maximum atomic E-state index is 10.6. The molecule has 0 aliphatic heterocycles. The van der Waals surface area contributed by atoms with Crippen molar-refractivity contribution in [2.24, 2.45) is 5.41 Å². The van der Waals surface area contributed by atoms with E-state index in [2.05, 4.69) is 0 Å². The SMILES string of the molecule is CO[C]1CC[C]([N+](=O)[O-])C1(C)C. The molecule has 0 saturated heterocycles. The highest BCUT2D eigenvalue weighted by atomic mass is 16.6. The Balaban J connectivity index is 2.77. The standard InChI is InChI=1S/C8H13NO3/c1-8(2)6(9(10)11)4-5-7(8)12-3/h4-5H2,1-3H3. The third-order valence-electron chi connectivity index (χ3n) is 2.47. The van der Waals surface area contributed by atoms with E-state index in [1.54, 1.807) is 7.11 Å². The third kappa shape index (κ3) is 1.31.